The molecule has 1 N–H and O–H groups in total. The third-order valence-electron chi connectivity index (χ3n) is 3.12. The molecule has 1 heterocycles. The molecule has 0 saturated carbocycles. The molecule has 0 spiro atoms. The molecule has 0 unspecified atom stereocenters. The molecule has 0 fully saturated rings. The van der Waals surface area contributed by atoms with Gasteiger partial charge in [-0.3, -0.25) is 0 Å². The fourth-order valence-corrected chi connectivity index (χ4v) is 2.18. The van der Waals surface area contributed by atoms with Gasteiger partial charge in [-0.15, -0.1) is 0 Å². The van der Waals surface area contributed by atoms with Gasteiger partial charge in [0, 0.05) is 23.1 Å². The topological polar surface area (TPSA) is 25.2 Å². The molecule has 3 heteroatoms. The van der Waals surface area contributed by atoms with Crippen LogP contribution in [0.15, 0.2) is 52.9 Å². The van der Waals surface area contributed by atoms with Crippen LogP contribution >= 0.6 is 0 Å². The summed E-state index contributed by atoms with van der Waals surface area (Å²) in [6.07, 6.45) is 0. The summed E-state index contributed by atoms with van der Waals surface area (Å²) in [5.41, 5.74) is 2.38. The molecule has 2 nitrogen and oxygen atoms in total. The molecular weight excluding hydrogens is 241 g/mol. The Bertz CT molecular complexity index is 685. The standard InChI is InChI=1S/C16H14FNO/c1-18-10-13-8-12(6-7-14(13)17)16-9-11-4-2-3-5-15(11)19-16/h2-9,18H,10H2,1H3. The maximum atomic E-state index is 13.6. The van der Waals surface area contributed by atoms with E-state index in [2.05, 4.69) is 5.32 Å². The summed E-state index contributed by atoms with van der Waals surface area (Å²) in [4.78, 5) is 0. The van der Waals surface area contributed by atoms with Crippen molar-refractivity contribution >= 4 is 11.0 Å². The third-order valence-corrected chi connectivity index (χ3v) is 3.12. The Kier molecular flexibility index (Phi) is 3.05. The summed E-state index contributed by atoms with van der Waals surface area (Å²) in [5, 5.41) is 4.01. The maximum Gasteiger partial charge on any atom is 0.135 e. The minimum absolute atomic E-state index is 0.200. The molecule has 2 aromatic carbocycles. The van der Waals surface area contributed by atoms with E-state index in [0.717, 1.165) is 22.3 Å². The van der Waals surface area contributed by atoms with Gasteiger partial charge in [0.2, 0.25) is 0 Å². The fraction of sp³-hybridized carbons (Fsp3) is 0.125. The van der Waals surface area contributed by atoms with Gasteiger partial charge in [-0.25, -0.2) is 4.39 Å². The Morgan fingerprint density at radius 3 is 2.74 bits per heavy atom. The first kappa shape index (κ1) is 11.9. The lowest BCUT2D eigenvalue weighted by atomic mass is 10.1. The number of fused-ring (bicyclic) bond motifs is 1. The first-order valence-electron chi connectivity index (χ1n) is 6.20. The molecule has 96 valence electrons. The van der Waals surface area contributed by atoms with E-state index in [0.29, 0.717) is 12.1 Å². The van der Waals surface area contributed by atoms with Crippen LogP contribution in [0.5, 0.6) is 0 Å². The summed E-state index contributed by atoms with van der Waals surface area (Å²) in [6.45, 7) is 0.500. The highest BCUT2D eigenvalue weighted by Gasteiger charge is 2.08. The van der Waals surface area contributed by atoms with Gasteiger partial charge in [0.1, 0.15) is 17.2 Å². The van der Waals surface area contributed by atoms with Crippen LogP contribution in [0.3, 0.4) is 0 Å². The van der Waals surface area contributed by atoms with Crippen molar-refractivity contribution < 1.29 is 8.81 Å². The van der Waals surface area contributed by atoms with Crippen LogP contribution in [-0.4, -0.2) is 7.05 Å². The average molecular weight is 255 g/mol. The van der Waals surface area contributed by atoms with Crippen molar-refractivity contribution in [3.63, 3.8) is 0 Å². The molecule has 3 rings (SSSR count). The van der Waals surface area contributed by atoms with E-state index in [9.17, 15) is 4.39 Å². The lowest BCUT2D eigenvalue weighted by molar-refractivity contribution is 0.599. The van der Waals surface area contributed by atoms with Gasteiger partial charge in [0.05, 0.1) is 0 Å². The molecule has 0 bridgehead atoms. The van der Waals surface area contributed by atoms with Crippen LogP contribution in [0.4, 0.5) is 4.39 Å². The molecular formula is C16H14FNO. The second-order valence-electron chi connectivity index (χ2n) is 4.48. The summed E-state index contributed by atoms with van der Waals surface area (Å²) < 4.78 is 19.4. The van der Waals surface area contributed by atoms with E-state index >= 15 is 0 Å². The molecule has 0 radical (unpaired) electrons. The van der Waals surface area contributed by atoms with E-state index < -0.39 is 0 Å². The second-order valence-corrected chi connectivity index (χ2v) is 4.48. The molecule has 1 aromatic heterocycles. The zero-order valence-corrected chi connectivity index (χ0v) is 10.6. The second kappa shape index (κ2) is 4.86. The molecule has 0 atom stereocenters. The predicted octanol–water partition coefficient (Wildman–Crippen LogP) is 3.96. The van der Waals surface area contributed by atoms with Crippen molar-refractivity contribution in [2.75, 3.05) is 7.05 Å². The van der Waals surface area contributed by atoms with Crippen LogP contribution in [0.2, 0.25) is 0 Å². The quantitative estimate of drug-likeness (QED) is 0.766. The molecule has 0 aliphatic rings. The lowest BCUT2D eigenvalue weighted by Crippen LogP contribution is -2.06. The van der Waals surface area contributed by atoms with E-state index in [1.807, 2.05) is 36.4 Å². The average Bonchev–Trinajstić information content (AvgIpc) is 2.85. The van der Waals surface area contributed by atoms with Gasteiger partial charge in [0.25, 0.3) is 0 Å². The van der Waals surface area contributed by atoms with E-state index in [1.165, 1.54) is 6.07 Å². The van der Waals surface area contributed by atoms with Gasteiger partial charge >= 0.3 is 0 Å². The zero-order valence-electron chi connectivity index (χ0n) is 10.6. The third kappa shape index (κ3) is 2.25. The zero-order chi connectivity index (χ0) is 13.2. The number of benzene rings is 2. The Morgan fingerprint density at radius 1 is 1.11 bits per heavy atom. The molecule has 19 heavy (non-hydrogen) atoms. The van der Waals surface area contributed by atoms with Crippen LogP contribution in [-0.2, 0) is 6.54 Å². The minimum atomic E-state index is -0.200. The predicted molar refractivity (Wildman–Crippen MR) is 74.4 cm³/mol. The first-order chi connectivity index (χ1) is 9.28. The number of halogens is 1. The SMILES string of the molecule is CNCc1cc(-c2cc3ccccc3o2)ccc1F. The van der Waals surface area contributed by atoms with E-state index in [-0.39, 0.29) is 5.82 Å². The van der Waals surface area contributed by atoms with E-state index in [1.54, 1.807) is 13.1 Å². The van der Waals surface area contributed by atoms with Crippen molar-refractivity contribution in [1.82, 2.24) is 5.32 Å². The Labute approximate surface area is 110 Å². The summed E-state index contributed by atoms with van der Waals surface area (Å²) in [5.74, 6) is 0.563. The molecule has 0 aliphatic heterocycles. The van der Waals surface area contributed by atoms with E-state index in [4.69, 9.17) is 4.42 Å². The highest BCUT2D eigenvalue weighted by molar-refractivity contribution is 5.82. The largest absolute Gasteiger partial charge is 0.456 e. The summed E-state index contributed by atoms with van der Waals surface area (Å²) >= 11 is 0. The molecule has 0 aliphatic carbocycles. The Balaban J connectivity index is 2.08. The smallest absolute Gasteiger partial charge is 0.135 e. The molecule has 0 amide bonds. The normalized spacial score (nSPS) is 11.1. The summed E-state index contributed by atoms with van der Waals surface area (Å²) in [6, 6.07) is 14.9. The van der Waals surface area contributed by atoms with Crippen LogP contribution in [0.1, 0.15) is 5.56 Å². The number of hydrogen-bond donors (Lipinski definition) is 1. The van der Waals surface area contributed by atoms with Crippen LogP contribution in [0, 0.1) is 5.82 Å². The van der Waals surface area contributed by atoms with Gasteiger partial charge < -0.3 is 9.73 Å². The number of hydrogen-bond acceptors (Lipinski definition) is 2. The van der Waals surface area contributed by atoms with Gasteiger partial charge in [0.15, 0.2) is 0 Å². The number of furan rings is 1. The highest BCUT2D eigenvalue weighted by Crippen LogP contribution is 2.28. The summed E-state index contributed by atoms with van der Waals surface area (Å²) in [7, 11) is 1.80. The highest BCUT2D eigenvalue weighted by atomic mass is 19.1. The van der Waals surface area contributed by atoms with Gasteiger partial charge in [-0.2, -0.15) is 0 Å². The minimum Gasteiger partial charge on any atom is -0.456 e. The van der Waals surface area contributed by atoms with Crippen molar-refractivity contribution in [3.8, 4) is 11.3 Å². The monoisotopic (exact) mass is 255 g/mol. The number of para-hydroxylation sites is 1. The Morgan fingerprint density at radius 2 is 1.95 bits per heavy atom. The van der Waals surface area contributed by atoms with Gasteiger partial charge in [-0.05, 0) is 37.4 Å². The van der Waals surface area contributed by atoms with Crippen LogP contribution in [0.25, 0.3) is 22.3 Å². The number of nitrogens with one attached hydrogen (secondary N) is 1. The molecule has 0 saturated heterocycles. The lowest BCUT2D eigenvalue weighted by Gasteiger charge is -2.04. The van der Waals surface area contributed by atoms with Gasteiger partial charge in [-0.1, -0.05) is 18.2 Å². The number of rotatable bonds is 3. The van der Waals surface area contributed by atoms with Crippen molar-refractivity contribution in [2.24, 2.45) is 0 Å². The fourth-order valence-electron chi connectivity index (χ4n) is 2.18. The van der Waals surface area contributed by atoms with Crippen molar-refractivity contribution in [3.05, 3.63) is 59.9 Å². The van der Waals surface area contributed by atoms with Crippen molar-refractivity contribution in [1.29, 1.82) is 0 Å². The molecule has 3 aromatic rings. The van der Waals surface area contributed by atoms with Crippen LogP contribution < -0.4 is 5.32 Å². The van der Waals surface area contributed by atoms with Crippen molar-refractivity contribution in [2.45, 2.75) is 6.54 Å². The first-order valence-corrected chi connectivity index (χ1v) is 6.20. The Hall–Kier alpha value is -2.13. The maximum absolute atomic E-state index is 13.6.